The first-order valence-electron chi connectivity index (χ1n) is 7.29. The third-order valence-corrected chi connectivity index (χ3v) is 3.35. The van der Waals surface area contributed by atoms with Gasteiger partial charge >= 0.3 is 6.03 Å². The summed E-state index contributed by atoms with van der Waals surface area (Å²) in [7, 11) is 0. The van der Waals surface area contributed by atoms with Gasteiger partial charge in [0.25, 0.3) is 5.91 Å². The fourth-order valence-corrected chi connectivity index (χ4v) is 1.95. The molecule has 24 heavy (non-hydrogen) atoms. The molecular formula is C18H17N3O3. The molecule has 2 N–H and O–H groups in total. The summed E-state index contributed by atoms with van der Waals surface area (Å²) < 4.78 is 5.25. The van der Waals surface area contributed by atoms with Crippen LogP contribution in [0, 0.1) is 25.2 Å². The van der Waals surface area contributed by atoms with Crippen molar-refractivity contribution < 1.29 is 14.3 Å². The van der Waals surface area contributed by atoms with E-state index in [2.05, 4.69) is 10.6 Å². The highest BCUT2D eigenvalue weighted by molar-refractivity contribution is 6.01. The van der Waals surface area contributed by atoms with E-state index in [4.69, 9.17) is 10.00 Å². The van der Waals surface area contributed by atoms with Crippen LogP contribution in [0.4, 0.5) is 10.5 Å². The van der Waals surface area contributed by atoms with Crippen LogP contribution in [0.1, 0.15) is 16.7 Å². The third-order valence-electron chi connectivity index (χ3n) is 3.35. The van der Waals surface area contributed by atoms with Crippen molar-refractivity contribution in [3.05, 3.63) is 59.2 Å². The number of nitrogens with zero attached hydrogens (tertiary/aromatic N) is 1. The lowest BCUT2D eigenvalue weighted by Crippen LogP contribution is -2.37. The van der Waals surface area contributed by atoms with Crippen molar-refractivity contribution in [1.29, 1.82) is 5.26 Å². The van der Waals surface area contributed by atoms with Crippen LogP contribution in [0.2, 0.25) is 0 Å². The first-order chi connectivity index (χ1) is 11.5. The van der Waals surface area contributed by atoms with E-state index in [-0.39, 0.29) is 6.61 Å². The van der Waals surface area contributed by atoms with Gasteiger partial charge in [-0.1, -0.05) is 12.1 Å². The second kappa shape index (κ2) is 7.79. The van der Waals surface area contributed by atoms with Crippen LogP contribution in [0.5, 0.6) is 5.75 Å². The topological polar surface area (TPSA) is 91.2 Å². The Labute approximate surface area is 140 Å². The number of anilines is 1. The van der Waals surface area contributed by atoms with E-state index in [0.717, 1.165) is 11.1 Å². The number of carbonyl (C=O) groups excluding carboxylic acids is 2. The Morgan fingerprint density at radius 2 is 1.92 bits per heavy atom. The molecule has 0 atom stereocenters. The van der Waals surface area contributed by atoms with Crippen LogP contribution in [0.15, 0.2) is 42.5 Å². The highest BCUT2D eigenvalue weighted by Crippen LogP contribution is 2.14. The first-order valence-corrected chi connectivity index (χ1v) is 7.29. The average Bonchev–Trinajstić information content (AvgIpc) is 2.56. The molecule has 0 saturated heterocycles. The summed E-state index contributed by atoms with van der Waals surface area (Å²) in [5.41, 5.74) is 3.19. The minimum absolute atomic E-state index is 0.324. The van der Waals surface area contributed by atoms with Crippen molar-refractivity contribution in [2.24, 2.45) is 0 Å². The number of urea groups is 1. The highest BCUT2D eigenvalue weighted by atomic mass is 16.5. The molecule has 2 aromatic carbocycles. The quantitative estimate of drug-likeness (QED) is 0.905. The molecular weight excluding hydrogens is 306 g/mol. The number of imide groups is 1. The van der Waals surface area contributed by atoms with Gasteiger partial charge in [-0.05, 0) is 55.3 Å². The highest BCUT2D eigenvalue weighted by Gasteiger charge is 2.09. The van der Waals surface area contributed by atoms with Gasteiger partial charge in [0.15, 0.2) is 6.61 Å². The predicted octanol–water partition coefficient (Wildman–Crippen LogP) is 2.90. The summed E-state index contributed by atoms with van der Waals surface area (Å²) in [5.74, 6) is -0.197. The maximum atomic E-state index is 11.8. The molecule has 3 amide bonds. The number of nitrogens with one attached hydrogen (secondary N) is 2. The number of aryl methyl sites for hydroxylation is 2. The number of rotatable bonds is 4. The van der Waals surface area contributed by atoms with Gasteiger partial charge in [0.05, 0.1) is 11.6 Å². The predicted molar refractivity (Wildman–Crippen MR) is 89.7 cm³/mol. The number of benzene rings is 2. The van der Waals surface area contributed by atoms with Gasteiger partial charge in [0.2, 0.25) is 0 Å². The van der Waals surface area contributed by atoms with E-state index < -0.39 is 11.9 Å². The number of amides is 3. The summed E-state index contributed by atoms with van der Waals surface area (Å²) in [6.07, 6.45) is 0. The van der Waals surface area contributed by atoms with Crippen LogP contribution in [-0.4, -0.2) is 18.5 Å². The van der Waals surface area contributed by atoms with E-state index >= 15 is 0 Å². The molecule has 0 radical (unpaired) electrons. The average molecular weight is 323 g/mol. The molecule has 6 nitrogen and oxygen atoms in total. The second-order valence-electron chi connectivity index (χ2n) is 5.23. The monoisotopic (exact) mass is 323 g/mol. The van der Waals surface area contributed by atoms with E-state index in [1.54, 1.807) is 24.3 Å². The molecule has 0 spiro atoms. The zero-order valence-electron chi connectivity index (χ0n) is 13.4. The van der Waals surface area contributed by atoms with Gasteiger partial charge in [-0.25, -0.2) is 4.79 Å². The Bertz CT molecular complexity index is 809. The maximum Gasteiger partial charge on any atom is 0.325 e. The lowest BCUT2D eigenvalue weighted by Gasteiger charge is -2.09. The van der Waals surface area contributed by atoms with Gasteiger partial charge in [-0.3, -0.25) is 10.1 Å². The Morgan fingerprint density at radius 3 is 2.62 bits per heavy atom. The number of ether oxygens (including phenoxy) is 1. The molecule has 2 rings (SSSR count). The lowest BCUT2D eigenvalue weighted by molar-refractivity contribution is -0.121. The Morgan fingerprint density at radius 1 is 1.12 bits per heavy atom. The van der Waals surface area contributed by atoms with Gasteiger partial charge in [-0.2, -0.15) is 5.26 Å². The molecule has 0 aliphatic rings. The normalized spacial score (nSPS) is 9.71. The number of nitriles is 1. The maximum absolute atomic E-state index is 11.8. The fourth-order valence-electron chi connectivity index (χ4n) is 1.95. The summed E-state index contributed by atoms with van der Waals surface area (Å²) in [6, 6.07) is 13.2. The Kier molecular flexibility index (Phi) is 5.53. The molecule has 6 heteroatoms. The van der Waals surface area contributed by atoms with Crippen LogP contribution in [0.3, 0.4) is 0 Å². The molecule has 0 aliphatic heterocycles. The van der Waals surface area contributed by atoms with E-state index in [1.807, 2.05) is 32.0 Å². The molecule has 122 valence electrons. The number of hydrogen-bond acceptors (Lipinski definition) is 4. The first kappa shape index (κ1) is 17.0. The van der Waals surface area contributed by atoms with Gasteiger partial charge < -0.3 is 10.1 Å². The third kappa shape index (κ3) is 4.85. The summed E-state index contributed by atoms with van der Waals surface area (Å²) in [4.78, 5) is 23.5. The van der Waals surface area contributed by atoms with Crippen molar-refractivity contribution in [3.63, 3.8) is 0 Å². The number of hydrogen-bond donors (Lipinski definition) is 2. The van der Waals surface area contributed by atoms with Gasteiger partial charge in [-0.15, -0.1) is 0 Å². The van der Waals surface area contributed by atoms with Crippen LogP contribution in [-0.2, 0) is 4.79 Å². The molecule has 2 aromatic rings. The minimum Gasteiger partial charge on any atom is -0.484 e. The molecule has 0 unspecified atom stereocenters. The SMILES string of the molecule is Cc1ccc(NC(=O)NC(=O)COc2cccc(C#N)c2)cc1C. The van der Waals surface area contributed by atoms with E-state index in [1.165, 1.54) is 6.07 Å². The minimum atomic E-state index is -0.627. The van der Waals surface area contributed by atoms with Crippen molar-refractivity contribution in [1.82, 2.24) is 5.32 Å². The number of carbonyl (C=O) groups is 2. The molecule has 0 aromatic heterocycles. The molecule has 0 aliphatic carbocycles. The van der Waals surface area contributed by atoms with Crippen molar-refractivity contribution >= 4 is 17.6 Å². The van der Waals surface area contributed by atoms with E-state index in [0.29, 0.717) is 17.0 Å². The van der Waals surface area contributed by atoms with E-state index in [9.17, 15) is 9.59 Å². The summed E-state index contributed by atoms with van der Waals surface area (Å²) >= 11 is 0. The van der Waals surface area contributed by atoms with Gasteiger partial charge in [0.1, 0.15) is 5.75 Å². The van der Waals surface area contributed by atoms with Gasteiger partial charge in [0, 0.05) is 5.69 Å². The fraction of sp³-hybridized carbons (Fsp3) is 0.167. The zero-order chi connectivity index (χ0) is 17.5. The molecule has 0 heterocycles. The van der Waals surface area contributed by atoms with Crippen LogP contribution >= 0.6 is 0 Å². The second-order valence-corrected chi connectivity index (χ2v) is 5.23. The zero-order valence-corrected chi connectivity index (χ0v) is 13.4. The summed E-state index contributed by atoms with van der Waals surface area (Å²) in [6.45, 7) is 3.59. The molecule has 0 bridgehead atoms. The molecule has 0 saturated carbocycles. The van der Waals surface area contributed by atoms with Crippen molar-refractivity contribution in [2.45, 2.75) is 13.8 Å². The standard InChI is InChI=1S/C18H17N3O3/c1-12-6-7-15(8-13(12)2)20-18(23)21-17(22)11-24-16-5-3-4-14(9-16)10-19/h3-9H,11H2,1-2H3,(H2,20,21,22,23). The Balaban J connectivity index is 1.84. The molecule has 0 fully saturated rings. The lowest BCUT2D eigenvalue weighted by atomic mass is 10.1. The van der Waals surface area contributed by atoms with Crippen molar-refractivity contribution in [2.75, 3.05) is 11.9 Å². The van der Waals surface area contributed by atoms with Crippen LogP contribution < -0.4 is 15.4 Å². The van der Waals surface area contributed by atoms with Crippen molar-refractivity contribution in [3.8, 4) is 11.8 Å². The Hall–Kier alpha value is -3.33. The largest absolute Gasteiger partial charge is 0.484 e. The van der Waals surface area contributed by atoms with Crippen LogP contribution in [0.25, 0.3) is 0 Å². The summed E-state index contributed by atoms with van der Waals surface area (Å²) in [5, 5.41) is 13.6. The smallest absolute Gasteiger partial charge is 0.325 e.